The monoisotopic (exact) mass is 262 g/mol. The molecule has 19 heavy (non-hydrogen) atoms. The standard InChI is InChI=1S/C14H22N4O/c1-9-7-18(8-10(2)19-9)13-11-5-3-4-6-12(11)16-14(15)17-13/h9-10H,3-8H2,1-2H3,(H2,15,16,17)/t9-,10+. The molecule has 0 amide bonds. The maximum Gasteiger partial charge on any atom is 0.222 e. The summed E-state index contributed by atoms with van der Waals surface area (Å²) in [5.74, 6) is 1.45. The number of morpholine rings is 1. The van der Waals surface area contributed by atoms with Crippen LogP contribution < -0.4 is 10.6 Å². The Bertz CT molecular complexity index is 467. The Morgan fingerprint density at radius 1 is 1.11 bits per heavy atom. The van der Waals surface area contributed by atoms with E-state index in [0.29, 0.717) is 5.95 Å². The summed E-state index contributed by atoms with van der Waals surface area (Å²) in [6.07, 6.45) is 5.01. The fourth-order valence-electron chi connectivity index (χ4n) is 3.21. The molecule has 0 bridgehead atoms. The average Bonchev–Trinajstić information content (AvgIpc) is 2.36. The topological polar surface area (TPSA) is 64.3 Å². The van der Waals surface area contributed by atoms with Crippen molar-refractivity contribution in [1.82, 2.24) is 9.97 Å². The molecule has 2 heterocycles. The minimum absolute atomic E-state index is 0.235. The number of fused-ring (bicyclic) bond motifs is 1. The van der Waals surface area contributed by atoms with E-state index in [9.17, 15) is 0 Å². The molecule has 1 fully saturated rings. The van der Waals surface area contributed by atoms with Crippen LogP contribution in [0, 0.1) is 0 Å². The van der Waals surface area contributed by atoms with E-state index in [1.54, 1.807) is 0 Å². The zero-order chi connectivity index (χ0) is 13.4. The quantitative estimate of drug-likeness (QED) is 0.832. The molecule has 0 saturated carbocycles. The molecule has 0 unspecified atom stereocenters. The SMILES string of the molecule is C[C@@H]1CN(c2nc(N)nc3c2CCCC3)C[C@H](C)O1. The number of nitrogens with zero attached hydrogens (tertiary/aromatic N) is 3. The Morgan fingerprint density at radius 2 is 1.79 bits per heavy atom. The molecule has 2 N–H and O–H groups in total. The van der Waals surface area contributed by atoms with Gasteiger partial charge in [0.15, 0.2) is 0 Å². The van der Waals surface area contributed by atoms with E-state index in [4.69, 9.17) is 10.5 Å². The third-order valence-corrected chi connectivity index (χ3v) is 3.90. The molecule has 5 nitrogen and oxygen atoms in total. The molecule has 2 aliphatic rings. The third-order valence-electron chi connectivity index (χ3n) is 3.90. The molecule has 0 spiro atoms. The zero-order valence-corrected chi connectivity index (χ0v) is 11.7. The van der Waals surface area contributed by atoms with Crippen LogP contribution in [0.25, 0.3) is 0 Å². The second kappa shape index (κ2) is 4.96. The largest absolute Gasteiger partial charge is 0.372 e. The number of hydrogen-bond acceptors (Lipinski definition) is 5. The molecule has 1 aliphatic carbocycles. The lowest BCUT2D eigenvalue weighted by Gasteiger charge is -2.37. The molecule has 5 heteroatoms. The molecule has 1 aromatic heterocycles. The number of aromatic nitrogens is 2. The number of hydrogen-bond donors (Lipinski definition) is 1. The molecule has 2 atom stereocenters. The normalized spacial score (nSPS) is 27.2. The average molecular weight is 262 g/mol. The first-order valence-corrected chi connectivity index (χ1v) is 7.19. The van der Waals surface area contributed by atoms with E-state index < -0.39 is 0 Å². The van der Waals surface area contributed by atoms with Crippen molar-refractivity contribution in [3.05, 3.63) is 11.3 Å². The highest BCUT2D eigenvalue weighted by atomic mass is 16.5. The maximum absolute atomic E-state index is 5.88. The summed E-state index contributed by atoms with van der Waals surface area (Å²) < 4.78 is 5.80. The Balaban J connectivity index is 1.97. The Labute approximate surface area is 114 Å². The van der Waals surface area contributed by atoms with Gasteiger partial charge in [0.05, 0.1) is 17.9 Å². The molecule has 1 aromatic rings. The van der Waals surface area contributed by atoms with Gasteiger partial charge in [-0.15, -0.1) is 0 Å². The van der Waals surface area contributed by atoms with Crippen molar-refractivity contribution in [2.45, 2.75) is 51.7 Å². The molecular formula is C14H22N4O. The Hall–Kier alpha value is -1.36. The van der Waals surface area contributed by atoms with Gasteiger partial charge in [-0.05, 0) is 39.5 Å². The van der Waals surface area contributed by atoms with E-state index in [-0.39, 0.29) is 12.2 Å². The van der Waals surface area contributed by atoms with E-state index in [1.165, 1.54) is 18.4 Å². The summed E-state index contributed by atoms with van der Waals surface area (Å²) in [7, 11) is 0. The van der Waals surface area contributed by atoms with Crippen LogP contribution in [0.5, 0.6) is 0 Å². The molecule has 1 saturated heterocycles. The summed E-state index contributed by atoms with van der Waals surface area (Å²) in [6.45, 7) is 5.99. The van der Waals surface area contributed by atoms with Crippen LogP contribution in [0.1, 0.15) is 37.9 Å². The van der Waals surface area contributed by atoms with E-state index in [2.05, 4.69) is 28.7 Å². The summed E-state index contributed by atoms with van der Waals surface area (Å²) in [5.41, 5.74) is 8.34. The number of nitrogen functional groups attached to an aromatic ring is 1. The first-order chi connectivity index (χ1) is 9.13. The minimum atomic E-state index is 0.235. The predicted octanol–water partition coefficient (Wildman–Crippen LogP) is 1.55. The first-order valence-electron chi connectivity index (χ1n) is 7.19. The van der Waals surface area contributed by atoms with Gasteiger partial charge in [0.1, 0.15) is 5.82 Å². The van der Waals surface area contributed by atoms with Gasteiger partial charge in [-0.3, -0.25) is 0 Å². The summed E-state index contributed by atoms with van der Waals surface area (Å²) in [4.78, 5) is 11.3. The number of ether oxygens (including phenoxy) is 1. The van der Waals surface area contributed by atoms with Crippen molar-refractivity contribution in [2.24, 2.45) is 0 Å². The summed E-state index contributed by atoms with van der Waals surface area (Å²) in [6, 6.07) is 0. The van der Waals surface area contributed by atoms with Crippen molar-refractivity contribution in [3.8, 4) is 0 Å². The fraction of sp³-hybridized carbons (Fsp3) is 0.714. The number of rotatable bonds is 1. The molecule has 1 aliphatic heterocycles. The van der Waals surface area contributed by atoms with Crippen LogP contribution in [0.2, 0.25) is 0 Å². The number of aryl methyl sites for hydroxylation is 1. The lowest BCUT2D eigenvalue weighted by atomic mass is 9.96. The predicted molar refractivity (Wildman–Crippen MR) is 75.3 cm³/mol. The van der Waals surface area contributed by atoms with Crippen molar-refractivity contribution in [2.75, 3.05) is 23.7 Å². The Morgan fingerprint density at radius 3 is 2.53 bits per heavy atom. The van der Waals surface area contributed by atoms with Crippen molar-refractivity contribution < 1.29 is 4.74 Å². The second-order valence-corrected chi connectivity index (χ2v) is 5.70. The summed E-state index contributed by atoms with van der Waals surface area (Å²) in [5, 5.41) is 0. The fourth-order valence-corrected chi connectivity index (χ4v) is 3.21. The maximum atomic E-state index is 5.88. The highest BCUT2D eigenvalue weighted by Crippen LogP contribution is 2.30. The van der Waals surface area contributed by atoms with Crippen LogP contribution >= 0.6 is 0 Å². The second-order valence-electron chi connectivity index (χ2n) is 5.70. The minimum Gasteiger partial charge on any atom is -0.372 e. The van der Waals surface area contributed by atoms with Crippen molar-refractivity contribution in [1.29, 1.82) is 0 Å². The molecular weight excluding hydrogens is 240 g/mol. The van der Waals surface area contributed by atoms with Gasteiger partial charge in [-0.1, -0.05) is 0 Å². The third kappa shape index (κ3) is 2.52. The Kier molecular flexibility index (Phi) is 3.31. The smallest absolute Gasteiger partial charge is 0.222 e. The lowest BCUT2D eigenvalue weighted by Crippen LogP contribution is -2.46. The zero-order valence-electron chi connectivity index (χ0n) is 11.7. The highest BCUT2D eigenvalue weighted by Gasteiger charge is 2.27. The summed E-state index contributed by atoms with van der Waals surface area (Å²) >= 11 is 0. The number of anilines is 2. The molecule has 0 aromatic carbocycles. The van der Waals surface area contributed by atoms with Gasteiger partial charge in [0.2, 0.25) is 5.95 Å². The highest BCUT2D eigenvalue weighted by molar-refractivity contribution is 5.53. The van der Waals surface area contributed by atoms with E-state index in [1.807, 2.05) is 0 Å². The molecule has 104 valence electrons. The van der Waals surface area contributed by atoms with Crippen LogP contribution in [-0.2, 0) is 17.6 Å². The molecule has 0 radical (unpaired) electrons. The van der Waals surface area contributed by atoms with Crippen LogP contribution in [-0.4, -0.2) is 35.3 Å². The van der Waals surface area contributed by atoms with Crippen molar-refractivity contribution in [3.63, 3.8) is 0 Å². The number of nitrogens with two attached hydrogens (primary N) is 1. The van der Waals surface area contributed by atoms with Gasteiger partial charge in [-0.2, -0.15) is 4.98 Å². The van der Waals surface area contributed by atoms with Gasteiger partial charge in [0, 0.05) is 18.7 Å². The van der Waals surface area contributed by atoms with Gasteiger partial charge in [0.25, 0.3) is 0 Å². The lowest BCUT2D eigenvalue weighted by molar-refractivity contribution is -0.00552. The van der Waals surface area contributed by atoms with Crippen LogP contribution in [0.15, 0.2) is 0 Å². The van der Waals surface area contributed by atoms with Crippen LogP contribution in [0.4, 0.5) is 11.8 Å². The van der Waals surface area contributed by atoms with Gasteiger partial charge >= 0.3 is 0 Å². The van der Waals surface area contributed by atoms with E-state index in [0.717, 1.165) is 37.4 Å². The van der Waals surface area contributed by atoms with Gasteiger partial charge in [-0.25, -0.2) is 4.98 Å². The first kappa shape index (κ1) is 12.7. The molecule has 3 rings (SSSR count). The van der Waals surface area contributed by atoms with E-state index >= 15 is 0 Å². The van der Waals surface area contributed by atoms with Crippen LogP contribution in [0.3, 0.4) is 0 Å². The van der Waals surface area contributed by atoms with Crippen molar-refractivity contribution >= 4 is 11.8 Å². The van der Waals surface area contributed by atoms with Gasteiger partial charge < -0.3 is 15.4 Å².